The Labute approximate surface area is 136 Å². The molecule has 0 amide bonds. The van der Waals surface area contributed by atoms with Crippen molar-refractivity contribution < 1.29 is 22.3 Å². The molecule has 1 aliphatic carbocycles. The van der Waals surface area contributed by atoms with Gasteiger partial charge in [0.15, 0.2) is 0 Å². The molecule has 2 N–H and O–H groups in total. The Hall–Kier alpha value is -1.05. The molecule has 2 rings (SSSR count). The molecule has 0 saturated heterocycles. The lowest BCUT2D eigenvalue weighted by Crippen LogP contribution is -2.41. The van der Waals surface area contributed by atoms with E-state index in [0.717, 1.165) is 0 Å². The molecule has 0 spiro atoms. The molecule has 0 heterocycles. The highest BCUT2D eigenvalue weighted by Gasteiger charge is 2.38. The van der Waals surface area contributed by atoms with Gasteiger partial charge in [-0.05, 0) is 31.2 Å². The van der Waals surface area contributed by atoms with E-state index in [2.05, 4.69) is 4.72 Å². The molecule has 23 heavy (non-hydrogen) atoms. The van der Waals surface area contributed by atoms with Gasteiger partial charge in [-0.1, -0.05) is 30.3 Å². The van der Waals surface area contributed by atoms with E-state index in [4.69, 9.17) is 0 Å². The zero-order valence-corrected chi connectivity index (χ0v) is 14.0. The maximum absolute atomic E-state index is 13.4. The van der Waals surface area contributed by atoms with Gasteiger partial charge in [-0.2, -0.15) is 0 Å². The van der Waals surface area contributed by atoms with E-state index < -0.39 is 27.5 Å². The second-order valence-electron chi connectivity index (χ2n) is 6.56. The summed E-state index contributed by atoms with van der Waals surface area (Å²) in [6.45, 7) is 1.32. The molecule has 7 heteroatoms. The molecule has 4 nitrogen and oxygen atoms in total. The van der Waals surface area contributed by atoms with Crippen molar-refractivity contribution in [3.63, 3.8) is 0 Å². The van der Waals surface area contributed by atoms with Gasteiger partial charge < -0.3 is 5.11 Å². The minimum Gasteiger partial charge on any atom is -0.384 e. The molecule has 130 valence electrons. The SMILES string of the molecule is CC(O)(CNS(=O)(=O)CC1CCCC(F)(F)C1)c1ccccc1. The Kier molecular flexibility index (Phi) is 5.43. The number of sulfonamides is 1. The fourth-order valence-corrected chi connectivity index (χ4v) is 4.46. The average Bonchev–Trinajstić information content (AvgIpc) is 2.45. The average molecular weight is 347 g/mol. The number of benzene rings is 1. The summed E-state index contributed by atoms with van der Waals surface area (Å²) in [7, 11) is -3.72. The summed E-state index contributed by atoms with van der Waals surface area (Å²) in [6.07, 6.45) is 0.281. The largest absolute Gasteiger partial charge is 0.384 e. The third-order valence-electron chi connectivity index (χ3n) is 4.23. The Bertz CT molecular complexity index is 617. The highest BCUT2D eigenvalue weighted by atomic mass is 32.2. The highest BCUT2D eigenvalue weighted by molar-refractivity contribution is 7.89. The lowest BCUT2D eigenvalue weighted by Gasteiger charge is -2.29. The predicted octanol–water partition coefficient (Wildman–Crippen LogP) is 2.64. The van der Waals surface area contributed by atoms with Crippen molar-refractivity contribution in [2.24, 2.45) is 5.92 Å². The van der Waals surface area contributed by atoms with Crippen molar-refractivity contribution in [3.8, 4) is 0 Å². The monoisotopic (exact) mass is 347 g/mol. The van der Waals surface area contributed by atoms with Crippen LogP contribution in [0.1, 0.15) is 38.2 Å². The van der Waals surface area contributed by atoms with Crippen molar-refractivity contribution >= 4 is 10.0 Å². The predicted molar refractivity (Wildman–Crippen MR) is 84.7 cm³/mol. The molecule has 0 bridgehead atoms. The van der Waals surface area contributed by atoms with Gasteiger partial charge in [0.05, 0.1) is 5.75 Å². The Morgan fingerprint density at radius 1 is 1.35 bits per heavy atom. The van der Waals surface area contributed by atoms with Crippen molar-refractivity contribution in [2.45, 2.75) is 44.1 Å². The third kappa shape index (κ3) is 5.51. The molecular weight excluding hydrogens is 324 g/mol. The van der Waals surface area contributed by atoms with Crippen LogP contribution in [-0.4, -0.2) is 31.7 Å². The summed E-state index contributed by atoms with van der Waals surface area (Å²) < 4.78 is 53.3. The highest BCUT2D eigenvalue weighted by Crippen LogP contribution is 2.37. The Morgan fingerprint density at radius 2 is 2.00 bits per heavy atom. The van der Waals surface area contributed by atoms with Crippen LogP contribution in [0.5, 0.6) is 0 Å². The van der Waals surface area contributed by atoms with Crippen LogP contribution in [0.3, 0.4) is 0 Å². The Morgan fingerprint density at radius 3 is 2.61 bits per heavy atom. The molecule has 2 unspecified atom stereocenters. The number of aliphatic hydroxyl groups is 1. The molecule has 1 fully saturated rings. The number of hydrogen-bond donors (Lipinski definition) is 2. The van der Waals surface area contributed by atoms with Crippen LogP contribution in [-0.2, 0) is 15.6 Å². The van der Waals surface area contributed by atoms with Crippen molar-refractivity contribution in [1.29, 1.82) is 0 Å². The molecule has 1 aromatic carbocycles. The molecule has 0 radical (unpaired) electrons. The molecular formula is C16H23F2NO3S. The van der Waals surface area contributed by atoms with Crippen LogP contribution in [0.4, 0.5) is 8.78 Å². The third-order valence-corrected chi connectivity index (χ3v) is 5.72. The zero-order chi connectivity index (χ0) is 17.1. The summed E-state index contributed by atoms with van der Waals surface area (Å²) in [4.78, 5) is 0. The topological polar surface area (TPSA) is 66.4 Å². The molecule has 0 aromatic heterocycles. The van der Waals surface area contributed by atoms with E-state index >= 15 is 0 Å². The molecule has 1 aromatic rings. The van der Waals surface area contributed by atoms with Crippen LogP contribution in [0.25, 0.3) is 0 Å². The Balaban J connectivity index is 1.94. The van der Waals surface area contributed by atoms with E-state index in [-0.39, 0.29) is 25.1 Å². The summed E-state index contributed by atoms with van der Waals surface area (Å²) >= 11 is 0. The first-order valence-electron chi connectivity index (χ1n) is 7.73. The van der Waals surface area contributed by atoms with E-state index in [1.807, 2.05) is 0 Å². The van der Waals surface area contributed by atoms with Gasteiger partial charge in [-0.25, -0.2) is 21.9 Å². The lowest BCUT2D eigenvalue weighted by atomic mass is 9.88. The van der Waals surface area contributed by atoms with E-state index in [1.165, 1.54) is 6.92 Å². The van der Waals surface area contributed by atoms with Crippen molar-refractivity contribution in [2.75, 3.05) is 12.3 Å². The maximum atomic E-state index is 13.4. The van der Waals surface area contributed by atoms with Gasteiger partial charge >= 0.3 is 0 Å². The fraction of sp³-hybridized carbons (Fsp3) is 0.625. The molecule has 1 saturated carbocycles. The summed E-state index contributed by atoms with van der Waals surface area (Å²) in [5, 5.41) is 10.4. The first kappa shape index (κ1) is 18.3. The second-order valence-corrected chi connectivity index (χ2v) is 8.41. The van der Waals surface area contributed by atoms with E-state index in [9.17, 15) is 22.3 Å². The van der Waals surface area contributed by atoms with Gasteiger partial charge in [-0.3, -0.25) is 0 Å². The zero-order valence-electron chi connectivity index (χ0n) is 13.1. The molecule has 2 atom stereocenters. The smallest absolute Gasteiger partial charge is 0.248 e. The lowest BCUT2D eigenvalue weighted by molar-refractivity contribution is -0.0489. The van der Waals surface area contributed by atoms with Crippen LogP contribution < -0.4 is 4.72 Å². The summed E-state index contributed by atoms with van der Waals surface area (Å²) in [6, 6.07) is 8.71. The van der Waals surface area contributed by atoms with Gasteiger partial charge in [0, 0.05) is 19.4 Å². The summed E-state index contributed by atoms with van der Waals surface area (Å²) in [5.41, 5.74) is -0.767. The minimum atomic E-state index is -3.72. The van der Waals surface area contributed by atoms with Crippen LogP contribution in [0.2, 0.25) is 0 Å². The standard InChI is InChI=1S/C16H23F2NO3S/c1-15(20,14-7-3-2-4-8-14)12-19-23(21,22)11-13-6-5-9-16(17,18)10-13/h2-4,7-8,13,19-20H,5-6,9-12H2,1H3. The second kappa shape index (κ2) is 6.83. The quantitative estimate of drug-likeness (QED) is 0.831. The number of hydrogen-bond acceptors (Lipinski definition) is 3. The van der Waals surface area contributed by atoms with Crippen molar-refractivity contribution in [3.05, 3.63) is 35.9 Å². The van der Waals surface area contributed by atoms with E-state index in [0.29, 0.717) is 18.4 Å². The molecule has 0 aliphatic heterocycles. The normalized spacial score (nSPS) is 24.1. The van der Waals surface area contributed by atoms with Gasteiger partial charge in [0.2, 0.25) is 15.9 Å². The van der Waals surface area contributed by atoms with Crippen LogP contribution in [0, 0.1) is 5.92 Å². The minimum absolute atomic E-state index is 0.167. The number of alkyl halides is 2. The first-order chi connectivity index (χ1) is 10.6. The van der Waals surface area contributed by atoms with E-state index in [1.54, 1.807) is 30.3 Å². The van der Waals surface area contributed by atoms with Gasteiger partial charge in [0.25, 0.3) is 0 Å². The fourth-order valence-electron chi connectivity index (χ4n) is 2.94. The maximum Gasteiger partial charge on any atom is 0.248 e. The summed E-state index contributed by atoms with van der Waals surface area (Å²) in [5.74, 6) is -3.64. The number of rotatable bonds is 6. The van der Waals surface area contributed by atoms with Gasteiger partial charge in [-0.15, -0.1) is 0 Å². The van der Waals surface area contributed by atoms with Crippen molar-refractivity contribution in [1.82, 2.24) is 4.72 Å². The number of nitrogens with one attached hydrogen (secondary N) is 1. The van der Waals surface area contributed by atoms with Crippen LogP contribution in [0.15, 0.2) is 30.3 Å². The van der Waals surface area contributed by atoms with Gasteiger partial charge in [0.1, 0.15) is 5.60 Å². The first-order valence-corrected chi connectivity index (χ1v) is 9.38. The number of halogens is 2. The van der Waals surface area contributed by atoms with Crippen LogP contribution >= 0.6 is 0 Å². The molecule has 1 aliphatic rings.